The van der Waals surface area contributed by atoms with Crippen LogP contribution in [0.4, 0.5) is 10.5 Å². The maximum Gasteiger partial charge on any atom is 0.319 e. The van der Waals surface area contributed by atoms with Gasteiger partial charge in [-0.05, 0) is 17.5 Å². The molecule has 5 heteroatoms. The van der Waals surface area contributed by atoms with Gasteiger partial charge in [0.2, 0.25) is 0 Å². The molecule has 3 rings (SSSR count). The minimum Gasteiger partial charge on any atom is -0.334 e. The highest BCUT2D eigenvalue weighted by Crippen LogP contribution is 2.20. The van der Waals surface area contributed by atoms with Gasteiger partial charge in [-0.1, -0.05) is 62.4 Å². The van der Waals surface area contributed by atoms with E-state index in [0.717, 1.165) is 10.9 Å². The van der Waals surface area contributed by atoms with Crippen molar-refractivity contribution in [2.75, 3.05) is 5.32 Å². The summed E-state index contributed by atoms with van der Waals surface area (Å²) in [6.07, 6.45) is 1.73. The van der Waals surface area contributed by atoms with Crippen molar-refractivity contribution >= 4 is 22.5 Å². The van der Waals surface area contributed by atoms with Crippen molar-refractivity contribution in [1.29, 1.82) is 0 Å². The molecule has 0 aliphatic carbocycles. The second kappa shape index (κ2) is 7.87. The van der Waals surface area contributed by atoms with Crippen molar-refractivity contribution in [3.8, 4) is 0 Å². The van der Waals surface area contributed by atoms with E-state index in [2.05, 4.69) is 24.5 Å². The zero-order chi connectivity index (χ0) is 18.5. The Morgan fingerprint density at radius 1 is 1.00 bits per heavy atom. The third-order valence-electron chi connectivity index (χ3n) is 4.10. The van der Waals surface area contributed by atoms with Gasteiger partial charge in [-0.15, -0.1) is 0 Å². The number of hydrogen-bond acceptors (Lipinski definition) is 2. The molecule has 26 heavy (non-hydrogen) atoms. The molecular formula is C21H23N3O2. The summed E-state index contributed by atoms with van der Waals surface area (Å²) in [5, 5.41) is 7.08. The number of nitrogens with zero attached hydrogens (tertiary/aromatic N) is 1. The third-order valence-corrected chi connectivity index (χ3v) is 4.10. The summed E-state index contributed by atoms with van der Waals surface area (Å²) in [5.74, 6) is 0.327. The highest BCUT2D eigenvalue weighted by molar-refractivity contribution is 6.00. The Bertz CT molecular complexity index is 962. The van der Waals surface area contributed by atoms with Crippen molar-refractivity contribution in [1.82, 2.24) is 9.88 Å². The summed E-state index contributed by atoms with van der Waals surface area (Å²) >= 11 is 0. The van der Waals surface area contributed by atoms with E-state index in [1.165, 1.54) is 0 Å². The number of nitrogens with one attached hydrogen (secondary N) is 2. The Morgan fingerprint density at radius 2 is 1.65 bits per heavy atom. The highest BCUT2D eigenvalue weighted by Gasteiger charge is 2.11. The number of carbonyl (C=O) groups excluding carboxylic acids is 1. The van der Waals surface area contributed by atoms with Crippen LogP contribution < -0.4 is 16.2 Å². The van der Waals surface area contributed by atoms with Gasteiger partial charge in [-0.2, -0.15) is 0 Å². The molecule has 0 radical (unpaired) electrons. The predicted molar refractivity (Wildman–Crippen MR) is 105 cm³/mol. The predicted octanol–water partition coefficient (Wildman–Crippen LogP) is 3.98. The fraction of sp³-hybridized carbons (Fsp3) is 0.238. The number of rotatable bonds is 5. The first-order valence-electron chi connectivity index (χ1n) is 8.75. The summed E-state index contributed by atoms with van der Waals surface area (Å²) in [6, 6.07) is 16.8. The number of amides is 2. The lowest BCUT2D eigenvalue weighted by Crippen LogP contribution is -2.30. The van der Waals surface area contributed by atoms with Crippen LogP contribution in [0.5, 0.6) is 0 Å². The van der Waals surface area contributed by atoms with Crippen molar-refractivity contribution < 1.29 is 4.79 Å². The van der Waals surface area contributed by atoms with Crippen molar-refractivity contribution in [3.63, 3.8) is 0 Å². The quantitative estimate of drug-likeness (QED) is 0.732. The fourth-order valence-electron chi connectivity index (χ4n) is 2.92. The number of pyridine rings is 1. The number of urea groups is 1. The summed E-state index contributed by atoms with van der Waals surface area (Å²) < 4.78 is 1.67. The molecule has 0 atom stereocenters. The second-order valence-electron chi connectivity index (χ2n) is 6.73. The third kappa shape index (κ3) is 4.11. The van der Waals surface area contributed by atoms with Crippen molar-refractivity contribution in [2.24, 2.45) is 5.92 Å². The zero-order valence-corrected chi connectivity index (χ0v) is 15.0. The Kier molecular flexibility index (Phi) is 5.37. The molecule has 0 aliphatic rings. The summed E-state index contributed by atoms with van der Waals surface area (Å²) in [7, 11) is 0. The molecule has 2 amide bonds. The SMILES string of the molecule is CC(C)Cn1cc(NC(=O)NCc2ccccc2)c2ccccc2c1=O. The molecule has 0 unspecified atom stereocenters. The van der Waals surface area contributed by atoms with Gasteiger partial charge in [0.15, 0.2) is 0 Å². The van der Waals surface area contributed by atoms with Crippen molar-refractivity contribution in [2.45, 2.75) is 26.9 Å². The average Bonchev–Trinajstić information content (AvgIpc) is 2.64. The first kappa shape index (κ1) is 17.7. The van der Waals surface area contributed by atoms with Gasteiger partial charge in [0.25, 0.3) is 5.56 Å². The Hall–Kier alpha value is -3.08. The molecule has 3 aromatic rings. The number of hydrogen-bond donors (Lipinski definition) is 2. The Labute approximate surface area is 152 Å². The molecule has 0 spiro atoms. The number of aromatic nitrogens is 1. The number of benzene rings is 2. The van der Waals surface area contributed by atoms with Gasteiger partial charge < -0.3 is 15.2 Å². The molecular weight excluding hydrogens is 326 g/mol. The summed E-state index contributed by atoms with van der Waals surface area (Å²) in [4.78, 5) is 25.0. The molecule has 0 saturated carbocycles. The van der Waals surface area contributed by atoms with Gasteiger partial charge in [0.05, 0.1) is 5.69 Å². The van der Waals surface area contributed by atoms with Crippen LogP contribution in [0.2, 0.25) is 0 Å². The van der Waals surface area contributed by atoms with E-state index in [9.17, 15) is 9.59 Å². The van der Waals surface area contributed by atoms with Crippen LogP contribution in [0.3, 0.4) is 0 Å². The zero-order valence-electron chi connectivity index (χ0n) is 15.0. The van der Waals surface area contributed by atoms with Crippen LogP contribution in [-0.2, 0) is 13.1 Å². The Balaban J connectivity index is 1.85. The number of carbonyl (C=O) groups is 1. The molecule has 0 fully saturated rings. The van der Waals surface area contributed by atoms with E-state index < -0.39 is 0 Å². The molecule has 5 nitrogen and oxygen atoms in total. The summed E-state index contributed by atoms with van der Waals surface area (Å²) in [5.41, 5.74) is 1.62. The van der Waals surface area contributed by atoms with E-state index in [1.54, 1.807) is 16.8 Å². The fourth-order valence-corrected chi connectivity index (χ4v) is 2.92. The van der Waals surface area contributed by atoms with E-state index in [-0.39, 0.29) is 11.6 Å². The van der Waals surface area contributed by atoms with Gasteiger partial charge in [-0.3, -0.25) is 4.79 Å². The molecule has 2 N–H and O–H groups in total. The lowest BCUT2D eigenvalue weighted by molar-refractivity contribution is 0.251. The first-order chi connectivity index (χ1) is 12.5. The van der Waals surface area contributed by atoms with Crippen LogP contribution in [-0.4, -0.2) is 10.6 Å². The first-order valence-corrected chi connectivity index (χ1v) is 8.75. The number of fused-ring (bicyclic) bond motifs is 1. The monoisotopic (exact) mass is 349 g/mol. The standard InChI is InChI=1S/C21H23N3O2/c1-15(2)13-24-14-19(17-10-6-7-11-18(17)20(24)25)23-21(26)22-12-16-8-4-3-5-9-16/h3-11,14-15H,12-13H2,1-2H3,(H2,22,23,26). The molecule has 0 saturated heterocycles. The normalized spacial score (nSPS) is 10.9. The second-order valence-corrected chi connectivity index (χ2v) is 6.73. The maximum atomic E-state index is 12.6. The van der Waals surface area contributed by atoms with Gasteiger partial charge >= 0.3 is 6.03 Å². The van der Waals surface area contributed by atoms with E-state index in [0.29, 0.717) is 30.1 Å². The van der Waals surface area contributed by atoms with Crippen LogP contribution in [0.25, 0.3) is 10.8 Å². The van der Waals surface area contributed by atoms with Gasteiger partial charge in [0, 0.05) is 30.1 Å². The Morgan fingerprint density at radius 3 is 2.35 bits per heavy atom. The van der Waals surface area contributed by atoms with Gasteiger partial charge in [0.1, 0.15) is 0 Å². The van der Waals surface area contributed by atoms with Crippen LogP contribution in [0.1, 0.15) is 19.4 Å². The van der Waals surface area contributed by atoms with Crippen molar-refractivity contribution in [3.05, 3.63) is 76.7 Å². The van der Waals surface area contributed by atoms with E-state index in [4.69, 9.17) is 0 Å². The summed E-state index contributed by atoms with van der Waals surface area (Å²) in [6.45, 7) is 5.16. The minimum atomic E-state index is -0.297. The van der Waals surface area contributed by atoms with Gasteiger partial charge in [-0.25, -0.2) is 4.79 Å². The lowest BCUT2D eigenvalue weighted by Gasteiger charge is -2.15. The van der Waals surface area contributed by atoms with Crippen LogP contribution in [0.15, 0.2) is 65.6 Å². The van der Waals surface area contributed by atoms with E-state index in [1.807, 2.05) is 48.5 Å². The highest BCUT2D eigenvalue weighted by atomic mass is 16.2. The molecule has 134 valence electrons. The van der Waals surface area contributed by atoms with E-state index >= 15 is 0 Å². The topological polar surface area (TPSA) is 63.1 Å². The number of anilines is 1. The largest absolute Gasteiger partial charge is 0.334 e. The molecule has 1 aromatic heterocycles. The smallest absolute Gasteiger partial charge is 0.319 e. The molecule has 0 bridgehead atoms. The minimum absolute atomic E-state index is 0.0375. The lowest BCUT2D eigenvalue weighted by atomic mass is 10.1. The average molecular weight is 349 g/mol. The molecule has 2 aromatic carbocycles. The molecule has 0 aliphatic heterocycles. The van der Waals surface area contributed by atoms with Crippen LogP contribution >= 0.6 is 0 Å². The molecule has 1 heterocycles. The maximum absolute atomic E-state index is 12.6. The van der Waals surface area contributed by atoms with Crippen LogP contribution in [0, 0.1) is 5.92 Å².